The lowest BCUT2D eigenvalue weighted by Gasteiger charge is -2.18. The molecule has 2 aromatic rings. The van der Waals surface area contributed by atoms with E-state index in [9.17, 15) is 0 Å². The quantitative estimate of drug-likeness (QED) is 0.913. The lowest BCUT2D eigenvalue weighted by molar-refractivity contribution is 0.590. The predicted molar refractivity (Wildman–Crippen MR) is 85.4 cm³/mol. The Morgan fingerprint density at radius 3 is 2.30 bits per heavy atom. The minimum Gasteiger partial charge on any atom is -0.313 e. The highest BCUT2D eigenvalue weighted by atomic mass is 35.5. The van der Waals surface area contributed by atoms with Gasteiger partial charge in [-0.25, -0.2) is 0 Å². The van der Waals surface area contributed by atoms with E-state index in [0.717, 1.165) is 22.8 Å². The predicted octanol–water partition coefficient (Wildman–Crippen LogP) is 4.16. The van der Waals surface area contributed by atoms with Gasteiger partial charge in [0.1, 0.15) is 0 Å². The number of pyridine rings is 1. The normalized spacial score (nSPS) is 12.4. The summed E-state index contributed by atoms with van der Waals surface area (Å²) in [6.45, 7) is 6.12. The number of aromatic nitrogens is 1. The van der Waals surface area contributed by atoms with E-state index in [1.807, 2.05) is 27.0 Å². The molecule has 1 aromatic heterocycles. The van der Waals surface area contributed by atoms with E-state index in [2.05, 4.69) is 41.5 Å². The third-order valence-electron chi connectivity index (χ3n) is 3.49. The Morgan fingerprint density at radius 1 is 1.10 bits per heavy atom. The first-order valence-electron chi connectivity index (χ1n) is 6.87. The van der Waals surface area contributed by atoms with Crippen LogP contribution in [0.15, 0.2) is 30.3 Å². The van der Waals surface area contributed by atoms with Crippen molar-refractivity contribution in [3.05, 3.63) is 63.4 Å². The number of aryl methyl sites for hydroxylation is 3. The summed E-state index contributed by atoms with van der Waals surface area (Å²) in [4.78, 5) is 4.43. The van der Waals surface area contributed by atoms with E-state index in [1.54, 1.807) is 0 Å². The van der Waals surface area contributed by atoms with Crippen molar-refractivity contribution in [2.24, 2.45) is 0 Å². The van der Waals surface area contributed by atoms with Crippen LogP contribution in [0.2, 0.25) is 5.02 Å². The van der Waals surface area contributed by atoms with Gasteiger partial charge in [-0.15, -0.1) is 0 Å². The largest absolute Gasteiger partial charge is 0.313 e. The second-order valence-electron chi connectivity index (χ2n) is 5.32. The first-order chi connectivity index (χ1) is 9.49. The maximum Gasteiger partial charge on any atom is 0.0441 e. The average molecular weight is 289 g/mol. The second kappa shape index (κ2) is 6.38. The van der Waals surface area contributed by atoms with E-state index in [0.29, 0.717) is 0 Å². The molecule has 2 rings (SSSR count). The van der Waals surface area contributed by atoms with Crippen LogP contribution in [0, 0.1) is 20.8 Å². The van der Waals surface area contributed by atoms with Crippen LogP contribution in [-0.4, -0.2) is 12.0 Å². The van der Waals surface area contributed by atoms with Gasteiger partial charge in [0.05, 0.1) is 0 Å². The summed E-state index contributed by atoms with van der Waals surface area (Å²) in [5.41, 5.74) is 5.72. The molecule has 1 unspecified atom stereocenters. The lowest BCUT2D eigenvalue weighted by Crippen LogP contribution is -2.19. The summed E-state index contributed by atoms with van der Waals surface area (Å²) >= 11 is 6.34. The Labute approximate surface area is 126 Å². The molecule has 2 nitrogen and oxygen atoms in total. The van der Waals surface area contributed by atoms with Crippen molar-refractivity contribution in [2.75, 3.05) is 7.05 Å². The van der Waals surface area contributed by atoms with Crippen molar-refractivity contribution in [1.82, 2.24) is 10.3 Å². The number of hydrogen-bond acceptors (Lipinski definition) is 2. The summed E-state index contributed by atoms with van der Waals surface area (Å²) in [5.74, 6) is 0. The van der Waals surface area contributed by atoms with Gasteiger partial charge < -0.3 is 5.32 Å². The first-order valence-corrected chi connectivity index (χ1v) is 7.25. The molecule has 0 radical (unpaired) electrons. The molecule has 0 saturated heterocycles. The van der Waals surface area contributed by atoms with Gasteiger partial charge in [0.15, 0.2) is 0 Å². The highest BCUT2D eigenvalue weighted by Gasteiger charge is 2.13. The molecule has 1 N–H and O–H groups in total. The third kappa shape index (κ3) is 3.59. The lowest BCUT2D eigenvalue weighted by atomic mass is 9.98. The molecule has 0 amide bonds. The minimum atomic E-state index is 0.246. The van der Waals surface area contributed by atoms with Crippen LogP contribution < -0.4 is 5.32 Å². The number of nitrogens with zero attached hydrogens (tertiary/aromatic N) is 1. The van der Waals surface area contributed by atoms with Crippen molar-refractivity contribution < 1.29 is 0 Å². The van der Waals surface area contributed by atoms with Crippen LogP contribution in [0.3, 0.4) is 0 Å². The maximum atomic E-state index is 6.34. The van der Waals surface area contributed by atoms with E-state index in [1.165, 1.54) is 16.7 Å². The van der Waals surface area contributed by atoms with Gasteiger partial charge in [0.25, 0.3) is 0 Å². The molecule has 0 aliphatic rings. The molecular formula is C17H21ClN2. The van der Waals surface area contributed by atoms with Gasteiger partial charge in [-0.05, 0) is 69.1 Å². The SMILES string of the molecule is CNC(Cc1ccc(C)cc1Cl)c1cc(C)nc(C)c1. The fraction of sp³-hybridized carbons (Fsp3) is 0.353. The minimum absolute atomic E-state index is 0.246. The summed E-state index contributed by atoms with van der Waals surface area (Å²) in [7, 11) is 1.98. The zero-order valence-electron chi connectivity index (χ0n) is 12.5. The Kier molecular flexibility index (Phi) is 4.79. The van der Waals surface area contributed by atoms with Gasteiger partial charge >= 0.3 is 0 Å². The Morgan fingerprint density at radius 2 is 1.75 bits per heavy atom. The van der Waals surface area contributed by atoms with Crippen LogP contribution in [-0.2, 0) is 6.42 Å². The van der Waals surface area contributed by atoms with Crippen LogP contribution in [0.1, 0.15) is 34.1 Å². The van der Waals surface area contributed by atoms with Gasteiger partial charge in [0.2, 0.25) is 0 Å². The van der Waals surface area contributed by atoms with E-state index >= 15 is 0 Å². The van der Waals surface area contributed by atoms with Crippen molar-refractivity contribution >= 4 is 11.6 Å². The number of likely N-dealkylation sites (N-methyl/N-ethyl adjacent to an activating group) is 1. The van der Waals surface area contributed by atoms with E-state index in [4.69, 9.17) is 11.6 Å². The second-order valence-corrected chi connectivity index (χ2v) is 5.73. The fourth-order valence-electron chi connectivity index (χ4n) is 2.49. The van der Waals surface area contributed by atoms with Crippen LogP contribution >= 0.6 is 11.6 Å². The highest BCUT2D eigenvalue weighted by molar-refractivity contribution is 6.31. The van der Waals surface area contributed by atoms with Gasteiger partial charge in [-0.3, -0.25) is 4.98 Å². The fourth-order valence-corrected chi connectivity index (χ4v) is 2.80. The summed E-state index contributed by atoms with van der Waals surface area (Å²) < 4.78 is 0. The van der Waals surface area contributed by atoms with Gasteiger partial charge in [-0.1, -0.05) is 23.7 Å². The standard InChI is InChI=1S/C17H21ClN2/c1-11-5-6-14(16(18)7-11)10-17(19-4)15-8-12(2)20-13(3)9-15/h5-9,17,19H,10H2,1-4H3. The third-order valence-corrected chi connectivity index (χ3v) is 3.84. The van der Waals surface area contributed by atoms with Crippen molar-refractivity contribution in [1.29, 1.82) is 0 Å². The van der Waals surface area contributed by atoms with Crippen molar-refractivity contribution in [2.45, 2.75) is 33.2 Å². The smallest absolute Gasteiger partial charge is 0.0441 e. The topological polar surface area (TPSA) is 24.9 Å². The number of rotatable bonds is 4. The summed E-state index contributed by atoms with van der Waals surface area (Å²) in [5, 5.41) is 4.22. The summed E-state index contributed by atoms with van der Waals surface area (Å²) in [6.07, 6.45) is 0.874. The molecule has 1 heterocycles. The number of hydrogen-bond donors (Lipinski definition) is 1. The van der Waals surface area contributed by atoms with Gasteiger partial charge in [0, 0.05) is 22.5 Å². The highest BCUT2D eigenvalue weighted by Crippen LogP contribution is 2.25. The Bertz CT molecular complexity index is 588. The Hall–Kier alpha value is -1.38. The van der Waals surface area contributed by atoms with Crippen molar-refractivity contribution in [3.8, 4) is 0 Å². The Balaban J connectivity index is 2.28. The molecule has 106 valence electrons. The zero-order chi connectivity index (χ0) is 14.7. The van der Waals surface area contributed by atoms with E-state index < -0.39 is 0 Å². The van der Waals surface area contributed by atoms with Crippen LogP contribution in [0.5, 0.6) is 0 Å². The molecule has 0 fully saturated rings. The summed E-state index contributed by atoms with van der Waals surface area (Å²) in [6, 6.07) is 10.8. The monoisotopic (exact) mass is 288 g/mol. The molecule has 0 aliphatic carbocycles. The molecule has 0 saturated carbocycles. The molecular weight excluding hydrogens is 268 g/mol. The molecule has 20 heavy (non-hydrogen) atoms. The number of halogens is 1. The van der Waals surface area contributed by atoms with Gasteiger partial charge in [-0.2, -0.15) is 0 Å². The molecule has 0 bridgehead atoms. The van der Waals surface area contributed by atoms with Crippen molar-refractivity contribution in [3.63, 3.8) is 0 Å². The molecule has 3 heteroatoms. The molecule has 0 aliphatic heterocycles. The maximum absolute atomic E-state index is 6.34. The zero-order valence-corrected chi connectivity index (χ0v) is 13.3. The average Bonchev–Trinajstić information content (AvgIpc) is 2.36. The first kappa shape index (κ1) is 15.0. The number of nitrogens with one attached hydrogen (secondary N) is 1. The molecule has 0 spiro atoms. The van der Waals surface area contributed by atoms with Crippen LogP contribution in [0.4, 0.5) is 0 Å². The van der Waals surface area contributed by atoms with Crippen LogP contribution in [0.25, 0.3) is 0 Å². The number of benzene rings is 1. The van der Waals surface area contributed by atoms with E-state index in [-0.39, 0.29) is 6.04 Å². The molecule has 1 atom stereocenters. The molecule has 1 aromatic carbocycles.